The number of hydrogen-bond donors (Lipinski definition) is 2. The van der Waals surface area contributed by atoms with E-state index in [1.165, 1.54) is 18.2 Å². The van der Waals surface area contributed by atoms with Crippen LogP contribution in [0.5, 0.6) is 5.75 Å². The minimum Gasteiger partial charge on any atom is -0.506 e. The summed E-state index contributed by atoms with van der Waals surface area (Å²) in [6.07, 6.45) is -0.790. The number of rotatable bonds is 3. The van der Waals surface area contributed by atoms with Crippen molar-refractivity contribution in [3.63, 3.8) is 0 Å². The zero-order valence-electron chi connectivity index (χ0n) is 11.1. The van der Waals surface area contributed by atoms with E-state index >= 15 is 0 Å². The molecular weight excluding hydrogens is 292 g/mol. The summed E-state index contributed by atoms with van der Waals surface area (Å²) >= 11 is 0. The van der Waals surface area contributed by atoms with E-state index in [-0.39, 0.29) is 22.6 Å². The highest BCUT2D eigenvalue weighted by Gasteiger charge is 2.31. The van der Waals surface area contributed by atoms with Gasteiger partial charge in [-0.1, -0.05) is 18.2 Å². The number of nitro benzene ring substituents is 1. The van der Waals surface area contributed by atoms with Crippen LogP contribution < -0.4 is 5.32 Å². The molecule has 3 rings (SSSR count). The first kappa shape index (κ1) is 15.3. The minimum atomic E-state index is -0.790. The van der Waals surface area contributed by atoms with Crippen LogP contribution in [0.2, 0.25) is 0 Å². The van der Waals surface area contributed by atoms with Gasteiger partial charge in [0, 0.05) is 17.7 Å². The summed E-state index contributed by atoms with van der Waals surface area (Å²) in [6, 6.07) is 10.4. The normalized spacial score (nSPS) is 15.5. The van der Waals surface area contributed by atoms with Gasteiger partial charge in [-0.2, -0.15) is 0 Å². The molecule has 0 radical (unpaired) electrons. The number of aromatic hydroxyl groups is 1. The second-order valence-corrected chi connectivity index (χ2v) is 4.48. The predicted molar refractivity (Wildman–Crippen MR) is 76.6 cm³/mol. The van der Waals surface area contributed by atoms with Gasteiger partial charge in [-0.25, -0.2) is 4.79 Å². The number of hydrogen-bond acceptors (Lipinski definition) is 6. The van der Waals surface area contributed by atoms with E-state index in [2.05, 4.69) is 5.32 Å². The molecule has 22 heavy (non-hydrogen) atoms. The zero-order chi connectivity index (χ0) is 15.0. The molecule has 0 aliphatic carbocycles. The highest BCUT2D eigenvalue weighted by Crippen LogP contribution is 2.35. The highest BCUT2D eigenvalue weighted by molar-refractivity contribution is 5.94. The fourth-order valence-corrected chi connectivity index (χ4v) is 2.15. The van der Waals surface area contributed by atoms with Crippen molar-refractivity contribution in [2.45, 2.75) is 6.23 Å². The Bertz CT molecular complexity index is 746. The van der Waals surface area contributed by atoms with Gasteiger partial charge in [-0.3, -0.25) is 10.1 Å². The molecule has 1 heterocycles. The van der Waals surface area contributed by atoms with Crippen molar-refractivity contribution >= 4 is 17.3 Å². The van der Waals surface area contributed by atoms with E-state index in [4.69, 9.17) is 4.74 Å². The molecular formula is C14H12N2O6. The number of fused-ring (bicyclic) bond motifs is 1. The summed E-state index contributed by atoms with van der Waals surface area (Å²) in [5.41, 5.74) is 1.000. The lowest BCUT2D eigenvalue weighted by Gasteiger charge is -2.15. The molecule has 0 saturated carbocycles. The Labute approximate surface area is 124 Å². The van der Waals surface area contributed by atoms with Crippen molar-refractivity contribution in [1.82, 2.24) is 0 Å². The number of phenols is 1. The molecule has 114 valence electrons. The largest absolute Gasteiger partial charge is 0.506 e. The van der Waals surface area contributed by atoms with Crippen LogP contribution in [0.3, 0.4) is 0 Å². The molecule has 0 saturated heterocycles. The number of carbonyl (C=O) groups excluding carboxylic acids is 1. The van der Waals surface area contributed by atoms with Crippen LogP contribution in [0.25, 0.3) is 0 Å². The number of anilines is 1. The Morgan fingerprint density at radius 3 is 2.68 bits per heavy atom. The third kappa shape index (κ3) is 2.54. The van der Waals surface area contributed by atoms with E-state index in [1.54, 1.807) is 24.3 Å². The van der Waals surface area contributed by atoms with Crippen LogP contribution in [0.15, 0.2) is 42.5 Å². The average molecular weight is 304 g/mol. The maximum Gasteiger partial charge on any atom is 0.340 e. The van der Waals surface area contributed by atoms with Crippen LogP contribution in [-0.2, 0) is 4.74 Å². The molecule has 1 aliphatic rings. The van der Waals surface area contributed by atoms with Crippen molar-refractivity contribution in [3.05, 3.63) is 63.7 Å². The Morgan fingerprint density at radius 2 is 1.95 bits per heavy atom. The van der Waals surface area contributed by atoms with Crippen LogP contribution in [0, 0.1) is 10.1 Å². The number of cyclic esters (lactones) is 1. The summed E-state index contributed by atoms with van der Waals surface area (Å²) < 4.78 is 5.16. The molecule has 2 aromatic rings. The van der Waals surface area contributed by atoms with Gasteiger partial charge in [0.25, 0.3) is 5.69 Å². The Hall–Kier alpha value is -3.13. The molecule has 0 spiro atoms. The lowest BCUT2D eigenvalue weighted by molar-refractivity contribution is -0.384. The van der Waals surface area contributed by atoms with E-state index in [9.17, 15) is 20.0 Å². The van der Waals surface area contributed by atoms with Crippen molar-refractivity contribution in [2.75, 3.05) is 5.32 Å². The van der Waals surface area contributed by atoms with Gasteiger partial charge >= 0.3 is 5.97 Å². The van der Waals surface area contributed by atoms with Gasteiger partial charge in [0.2, 0.25) is 6.23 Å². The number of phenolic OH excluding ortho intramolecular Hbond substituents is 1. The topological polar surface area (TPSA) is 133 Å². The monoisotopic (exact) mass is 304 g/mol. The lowest BCUT2D eigenvalue weighted by Crippen LogP contribution is -2.10. The number of esters is 1. The third-order valence-electron chi connectivity index (χ3n) is 3.17. The standard InChI is InChI=1S/C14H10N2O5.H2O/c17-12-6-5-8(16(19)20)7-11(12)15-13-9-3-1-2-4-10(9)14(18)21-13;/h1-7,13,15,17H;1H2/t13-;/m1./s1. The summed E-state index contributed by atoms with van der Waals surface area (Å²) in [7, 11) is 0. The van der Waals surface area contributed by atoms with Crippen molar-refractivity contribution in [2.24, 2.45) is 0 Å². The van der Waals surface area contributed by atoms with Gasteiger partial charge in [-0.15, -0.1) is 0 Å². The molecule has 1 atom stereocenters. The first-order chi connectivity index (χ1) is 10.1. The van der Waals surface area contributed by atoms with E-state index in [0.29, 0.717) is 11.1 Å². The molecule has 0 amide bonds. The minimum absolute atomic E-state index is 0. The van der Waals surface area contributed by atoms with Gasteiger partial charge < -0.3 is 20.6 Å². The maximum atomic E-state index is 11.7. The average Bonchev–Trinajstić information content (AvgIpc) is 2.78. The molecule has 1 aliphatic heterocycles. The number of nitrogens with one attached hydrogen (secondary N) is 1. The number of non-ortho nitro benzene ring substituents is 1. The van der Waals surface area contributed by atoms with Crippen LogP contribution in [-0.4, -0.2) is 21.5 Å². The Morgan fingerprint density at radius 1 is 1.23 bits per heavy atom. The second-order valence-electron chi connectivity index (χ2n) is 4.48. The lowest BCUT2D eigenvalue weighted by atomic mass is 10.1. The summed E-state index contributed by atoms with van der Waals surface area (Å²) in [6.45, 7) is 0. The summed E-state index contributed by atoms with van der Waals surface area (Å²) in [4.78, 5) is 21.9. The maximum absolute atomic E-state index is 11.7. The fourth-order valence-electron chi connectivity index (χ4n) is 2.15. The van der Waals surface area contributed by atoms with Crippen LogP contribution in [0.4, 0.5) is 11.4 Å². The fraction of sp³-hybridized carbons (Fsp3) is 0.0714. The van der Waals surface area contributed by atoms with Crippen LogP contribution >= 0.6 is 0 Å². The number of carbonyl (C=O) groups is 1. The number of nitro groups is 1. The summed E-state index contributed by atoms with van der Waals surface area (Å²) in [5.74, 6) is -0.644. The molecule has 0 bridgehead atoms. The van der Waals surface area contributed by atoms with Gasteiger partial charge in [-0.05, 0) is 12.1 Å². The second kappa shape index (κ2) is 5.70. The summed E-state index contributed by atoms with van der Waals surface area (Å²) in [5, 5.41) is 23.3. The number of benzene rings is 2. The van der Waals surface area contributed by atoms with Crippen molar-refractivity contribution < 1.29 is 25.0 Å². The molecule has 4 N–H and O–H groups in total. The number of ether oxygens (including phenoxy) is 1. The van der Waals surface area contributed by atoms with Gasteiger partial charge in [0.05, 0.1) is 16.2 Å². The number of nitrogens with zero attached hydrogens (tertiary/aromatic N) is 1. The predicted octanol–water partition coefficient (Wildman–Crippen LogP) is 1.76. The SMILES string of the molecule is O.O=C1O[C@@H](Nc2cc([N+](=O)[O-])ccc2O)c2ccccc21. The molecule has 2 aromatic carbocycles. The van der Waals surface area contributed by atoms with Crippen molar-refractivity contribution in [3.8, 4) is 5.75 Å². The van der Waals surface area contributed by atoms with Gasteiger partial charge in [0.15, 0.2) is 0 Å². The quantitative estimate of drug-likeness (QED) is 0.384. The van der Waals surface area contributed by atoms with Crippen molar-refractivity contribution in [1.29, 1.82) is 0 Å². The smallest absolute Gasteiger partial charge is 0.340 e. The first-order valence-electron chi connectivity index (χ1n) is 6.10. The third-order valence-corrected chi connectivity index (χ3v) is 3.17. The van der Waals surface area contributed by atoms with E-state index < -0.39 is 17.1 Å². The van der Waals surface area contributed by atoms with E-state index in [0.717, 1.165) is 0 Å². The molecule has 0 fully saturated rings. The van der Waals surface area contributed by atoms with E-state index in [1.807, 2.05) is 0 Å². The highest BCUT2D eigenvalue weighted by atomic mass is 16.6. The Kier molecular flexibility index (Phi) is 3.95. The molecule has 8 nitrogen and oxygen atoms in total. The zero-order valence-corrected chi connectivity index (χ0v) is 11.1. The van der Waals surface area contributed by atoms with Gasteiger partial charge in [0.1, 0.15) is 5.75 Å². The Balaban J connectivity index is 0.00000176. The first-order valence-corrected chi connectivity index (χ1v) is 6.10. The molecule has 0 unspecified atom stereocenters. The molecule has 8 heteroatoms. The molecule has 0 aromatic heterocycles. The van der Waals surface area contributed by atoms with Crippen LogP contribution in [0.1, 0.15) is 22.1 Å².